The van der Waals surface area contributed by atoms with Crippen molar-refractivity contribution in [2.45, 2.75) is 5.54 Å². The molecule has 3 aromatic rings. The van der Waals surface area contributed by atoms with Crippen LogP contribution in [0.1, 0.15) is 5.56 Å². The number of rotatable bonds is 4. The first-order valence-electron chi connectivity index (χ1n) is 10.8. The van der Waals surface area contributed by atoms with Gasteiger partial charge in [-0.3, -0.25) is 9.89 Å². The second-order valence-corrected chi connectivity index (χ2v) is 8.17. The summed E-state index contributed by atoms with van der Waals surface area (Å²) in [6.07, 6.45) is 3.75. The van der Waals surface area contributed by atoms with Crippen LogP contribution in [0.4, 0.5) is 11.4 Å². The van der Waals surface area contributed by atoms with E-state index >= 15 is 0 Å². The van der Waals surface area contributed by atoms with Crippen molar-refractivity contribution < 1.29 is 0 Å². The smallest absolute Gasteiger partial charge is 0.109 e. The van der Waals surface area contributed by atoms with Gasteiger partial charge in [-0.25, -0.2) is 4.99 Å². The monoisotopic (exact) mass is 409 g/mol. The number of benzene rings is 3. The Kier molecular flexibility index (Phi) is 5.26. The summed E-state index contributed by atoms with van der Waals surface area (Å²) in [5.74, 6) is 0. The Balaban J connectivity index is 1.38. The third-order valence-electron chi connectivity index (χ3n) is 6.36. The molecule has 1 fully saturated rings. The van der Waals surface area contributed by atoms with Crippen LogP contribution in [-0.4, -0.2) is 50.2 Å². The standard InChI is InChI=1S/C26H27N5/c27-24-10-12-25(13-11-24)30-14-16-31(17-15-30)26(18-28-20-29-19-26)23-8-6-22(7-9-23)21-4-2-1-3-5-21/h1-13,18,20H,14-17,19,27H2. The molecule has 2 N–H and O–H groups in total. The lowest BCUT2D eigenvalue weighted by Crippen LogP contribution is -2.58. The molecule has 1 atom stereocenters. The lowest BCUT2D eigenvalue weighted by Gasteiger charge is -2.46. The van der Waals surface area contributed by atoms with Crippen LogP contribution in [0.15, 0.2) is 88.8 Å². The van der Waals surface area contributed by atoms with Gasteiger partial charge in [0.05, 0.1) is 6.54 Å². The topological polar surface area (TPSA) is 57.2 Å². The second-order valence-electron chi connectivity index (χ2n) is 8.17. The Labute approximate surface area is 183 Å². The van der Waals surface area contributed by atoms with Gasteiger partial charge in [0.1, 0.15) is 11.9 Å². The molecule has 2 heterocycles. The zero-order chi connectivity index (χ0) is 21.1. The molecule has 1 saturated heterocycles. The van der Waals surface area contributed by atoms with Crippen LogP contribution < -0.4 is 10.6 Å². The van der Waals surface area contributed by atoms with Gasteiger partial charge in [0.2, 0.25) is 0 Å². The maximum Gasteiger partial charge on any atom is 0.109 e. The Morgan fingerprint density at radius 3 is 2.06 bits per heavy atom. The van der Waals surface area contributed by atoms with E-state index in [0.29, 0.717) is 6.54 Å². The van der Waals surface area contributed by atoms with Crippen molar-refractivity contribution in [1.82, 2.24) is 4.90 Å². The lowest BCUT2D eigenvalue weighted by molar-refractivity contribution is 0.147. The molecule has 2 aliphatic heterocycles. The van der Waals surface area contributed by atoms with Crippen molar-refractivity contribution in [3.63, 3.8) is 0 Å². The van der Waals surface area contributed by atoms with Gasteiger partial charge in [-0.05, 0) is 41.0 Å². The van der Waals surface area contributed by atoms with Gasteiger partial charge >= 0.3 is 0 Å². The molecule has 5 rings (SSSR count). The van der Waals surface area contributed by atoms with Crippen LogP contribution in [0.2, 0.25) is 0 Å². The molecular formula is C26H27N5. The van der Waals surface area contributed by atoms with Crippen molar-refractivity contribution in [2.75, 3.05) is 43.4 Å². The summed E-state index contributed by atoms with van der Waals surface area (Å²) in [4.78, 5) is 14.0. The Bertz CT molecular complexity index is 1070. The molecular weight excluding hydrogens is 382 g/mol. The molecule has 0 aromatic heterocycles. The summed E-state index contributed by atoms with van der Waals surface area (Å²) in [6, 6.07) is 27.6. The van der Waals surface area contributed by atoms with E-state index in [0.717, 1.165) is 31.9 Å². The summed E-state index contributed by atoms with van der Waals surface area (Å²) in [5.41, 5.74) is 11.3. The number of piperazine rings is 1. The zero-order valence-electron chi connectivity index (χ0n) is 17.6. The Morgan fingerprint density at radius 2 is 1.42 bits per heavy atom. The van der Waals surface area contributed by atoms with E-state index in [-0.39, 0.29) is 5.54 Å². The molecule has 0 bridgehead atoms. The normalized spacial score (nSPS) is 21.4. The van der Waals surface area contributed by atoms with Gasteiger partial charge in [0, 0.05) is 43.8 Å². The lowest BCUT2D eigenvalue weighted by atomic mass is 9.86. The molecule has 1 unspecified atom stereocenters. The van der Waals surface area contributed by atoms with Crippen molar-refractivity contribution in [2.24, 2.45) is 9.98 Å². The van der Waals surface area contributed by atoms with E-state index in [4.69, 9.17) is 5.73 Å². The van der Waals surface area contributed by atoms with Crippen molar-refractivity contribution >= 4 is 23.9 Å². The molecule has 5 heteroatoms. The highest BCUT2D eigenvalue weighted by atomic mass is 15.3. The van der Waals surface area contributed by atoms with Gasteiger partial charge in [0.15, 0.2) is 0 Å². The number of anilines is 2. The van der Waals surface area contributed by atoms with E-state index in [9.17, 15) is 0 Å². The first kappa shape index (κ1) is 19.5. The summed E-state index contributed by atoms with van der Waals surface area (Å²) in [7, 11) is 0. The molecule has 5 nitrogen and oxygen atoms in total. The summed E-state index contributed by atoms with van der Waals surface area (Å²) in [5, 5.41) is 0. The number of nitrogens with zero attached hydrogens (tertiary/aromatic N) is 4. The van der Waals surface area contributed by atoms with Crippen LogP contribution in [0.25, 0.3) is 11.1 Å². The number of nitrogens with two attached hydrogens (primary N) is 1. The number of nitrogen functional groups attached to an aromatic ring is 1. The predicted octanol–water partition coefficient (Wildman–Crippen LogP) is 4.07. The van der Waals surface area contributed by atoms with E-state index < -0.39 is 0 Å². The average molecular weight is 410 g/mol. The molecule has 0 amide bonds. The van der Waals surface area contributed by atoms with Crippen LogP contribution in [0.5, 0.6) is 0 Å². The summed E-state index contributed by atoms with van der Waals surface area (Å²) < 4.78 is 0. The fourth-order valence-electron chi connectivity index (χ4n) is 4.59. The maximum absolute atomic E-state index is 5.85. The van der Waals surface area contributed by atoms with Crippen molar-refractivity contribution in [1.29, 1.82) is 0 Å². The predicted molar refractivity (Wildman–Crippen MR) is 130 cm³/mol. The highest BCUT2D eigenvalue weighted by Gasteiger charge is 2.39. The van der Waals surface area contributed by atoms with Crippen LogP contribution in [-0.2, 0) is 5.54 Å². The van der Waals surface area contributed by atoms with Gasteiger partial charge in [-0.1, -0.05) is 54.6 Å². The number of hydrogen-bond acceptors (Lipinski definition) is 5. The van der Waals surface area contributed by atoms with E-state index in [1.165, 1.54) is 22.4 Å². The molecule has 0 radical (unpaired) electrons. The summed E-state index contributed by atoms with van der Waals surface area (Å²) in [6.45, 7) is 4.53. The zero-order valence-corrected chi connectivity index (χ0v) is 17.6. The van der Waals surface area contributed by atoms with Crippen LogP contribution >= 0.6 is 0 Å². The van der Waals surface area contributed by atoms with Gasteiger partial charge < -0.3 is 10.6 Å². The number of hydrogen-bond donors (Lipinski definition) is 1. The highest BCUT2D eigenvalue weighted by molar-refractivity contribution is 5.84. The molecule has 2 aliphatic rings. The van der Waals surface area contributed by atoms with E-state index in [1.54, 1.807) is 6.34 Å². The average Bonchev–Trinajstić information content (AvgIpc) is 2.86. The largest absolute Gasteiger partial charge is 0.399 e. The highest BCUT2D eigenvalue weighted by Crippen LogP contribution is 2.32. The molecule has 3 aromatic carbocycles. The molecule has 0 saturated carbocycles. The number of aliphatic imine (C=N–C) groups is 2. The summed E-state index contributed by atoms with van der Waals surface area (Å²) >= 11 is 0. The fourth-order valence-corrected chi connectivity index (χ4v) is 4.59. The Hall–Kier alpha value is -3.44. The van der Waals surface area contributed by atoms with Crippen molar-refractivity contribution in [3.8, 4) is 11.1 Å². The minimum Gasteiger partial charge on any atom is -0.399 e. The fraction of sp³-hybridized carbons (Fsp3) is 0.231. The van der Waals surface area contributed by atoms with Crippen molar-refractivity contribution in [3.05, 3.63) is 84.4 Å². The molecule has 0 spiro atoms. The molecule has 156 valence electrons. The minimum absolute atomic E-state index is 0.294. The van der Waals surface area contributed by atoms with Crippen LogP contribution in [0.3, 0.4) is 0 Å². The van der Waals surface area contributed by atoms with E-state index in [2.05, 4.69) is 86.7 Å². The Morgan fingerprint density at radius 1 is 0.742 bits per heavy atom. The van der Waals surface area contributed by atoms with Gasteiger partial charge in [0.25, 0.3) is 0 Å². The van der Waals surface area contributed by atoms with E-state index in [1.807, 2.05) is 18.2 Å². The minimum atomic E-state index is -0.294. The second kappa shape index (κ2) is 8.36. The quantitative estimate of drug-likeness (QED) is 0.661. The third-order valence-corrected chi connectivity index (χ3v) is 6.36. The third kappa shape index (κ3) is 3.84. The van der Waals surface area contributed by atoms with Crippen LogP contribution in [0, 0.1) is 0 Å². The molecule has 0 aliphatic carbocycles. The molecule has 31 heavy (non-hydrogen) atoms. The first-order chi connectivity index (χ1) is 15.2. The SMILES string of the molecule is Nc1ccc(N2CCN(C3(c4ccc(-c5ccccc5)cc4)C=NC=NC3)CC2)cc1. The van der Waals surface area contributed by atoms with Gasteiger partial charge in [-0.2, -0.15) is 0 Å². The maximum atomic E-state index is 5.85. The van der Waals surface area contributed by atoms with Gasteiger partial charge in [-0.15, -0.1) is 0 Å². The first-order valence-corrected chi connectivity index (χ1v) is 10.8.